The Morgan fingerprint density at radius 3 is 2.62 bits per heavy atom. The molecule has 1 aliphatic rings. The van der Waals surface area contributed by atoms with Crippen LogP contribution in [0.2, 0.25) is 0 Å². The van der Waals surface area contributed by atoms with Gasteiger partial charge in [-0.3, -0.25) is 14.3 Å². The Balaban J connectivity index is 2.33. The molecule has 0 aliphatic carbocycles. The molecule has 1 aromatic heterocycles. The number of hydrogen-bond acceptors (Lipinski definition) is 3. The SMILES string of the molecule is CCc1nn(C)c(CN2C(=O)CNC(=O)C2C(C)C)c1Br. The number of halogens is 1. The maximum atomic E-state index is 12.2. The predicted octanol–water partition coefficient (Wildman–Crippen LogP) is 1.23. The van der Waals surface area contributed by atoms with E-state index in [4.69, 9.17) is 0 Å². The Kier molecular flexibility index (Phi) is 4.70. The van der Waals surface area contributed by atoms with Gasteiger partial charge < -0.3 is 10.2 Å². The molecule has 0 saturated carbocycles. The average molecular weight is 357 g/mol. The average Bonchev–Trinajstić information content (AvgIpc) is 2.69. The van der Waals surface area contributed by atoms with E-state index in [1.54, 1.807) is 9.58 Å². The van der Waals surface area contributed by atoms with Gasteiger partial charge in [0, 0.05) is 7.05 Å². The zero-order chi connectivity index (χ0) is 15.7. The molecule has 1 fully saturated rings. The molecule has 1 aliphatic heterocycles. The van der Waals surface area contributed by atoms with E-state index in [2.05, 4.69) is 26.3 Å². The van der Waals surface area contributed by atoms with Crippen molar-refractivity contribution in [1.82, 2.24) is 20.0 Å². The van der Waals surface area contributed by atoms with E-state index in [-0.39, 0.29) is 24.3 Å². The molecular formula is C14H21BrN4O2. The molecule has 1 atom stereocenters. The highest BCUT2D eigenvalue weighted by molar-refractivity contribution is 9.10. The lowest BCUT2D eigenvalue weighted by Crippen LogP contribution is -2.59. The number of aryl methyl sites for hydroxylation is 2. The quantitative estimate of drug-likeness (QED) is 0.881. The number of aromatic nitrogens is 2. The van der Waals surface area contributed by atoms with Crippen molar-refractivity contribution >= 4 is 27.7 Å². The molecule has 7 heteroatoms. The van der Waals surface area contributed by atoms with Gasteiger partial charge in [-0.25, -0.2) is 0 Å². The molecule has 2 amide bonds. The van der Waals surface area contributed by atoms with Crippen molar-refractivity contribution in [2.24, 2.45) is 13.0 Å². The fourth-order valence-corrected chi connectivity index (χ4v) is 3.41. The van der Waals surface area contributed by atoms with Crippen molar-refractivity contribution in [3.8, 4) is 0 Å². The highest BCUT2D eigenvalue weighted by Gasteiger charge is 2.37. The van der Waals surface area contributed by atoms with E-state index in [9.17, 15) is 9.59 Å². The summed E-state index contributed by atoms with van der Waals surface area (Å²) in [6.45, 7) is 6.39. The largest absolute Gasteiger partial charge is 0.345 e. The van der Waals surface area contributed by atoms with Crippen LogP contribution in [0.15, 0.2) is 4.47 Å². The van der Waals surface area contributed by atoms with Gasteiger partial charge in [0.25, 0.3) is 0 Å². The Morgan fingerprint density at radius 2 is 2.10 bits per heavy atom. The summed E-state index contributed by atoms with van der Waals surface area (Å²) < 4.78 is 2.70. The first-order chi connectivity index (χ1) is 9.86. The second-order valence-electron chi connectivity index (χ2n) is 5.61. The van der Waals surface area contributed by atoms with Crippen LogP contribution in [-0.2, 0) is 29.6 Å². The van der Waals surface area contributed by atoms with Crippen LogP contribution in [0, 0.1) is 5.92 Å². The number of nitrogens with zero attached hydrogens (tertiary/aromatic N) is 3. The van der Waals surface area contributed by atoms with Gasteiger partial charge in [-0.1, -0.05) is 20.8 Å². The monoisotopic (exact) mass is 356 g/mol. The molecule has 2 rings (SSSR count). The van der Waals surface area contributed by atoms with Crippen molar-refractivity contribution in [2.75, 3.05) is 6.54 Å². The van der Waals surface area contributed by atoms with Gasteiger partial charge in [0.05, 0.1) is 29.0 Å². The van der Waals surface area contributed by atoms with Crippen molar-refractivity contribution in [2.45, 2.75) is 39.8 Å². The van der Waals surface area contributed by atoms with Crippen LogP contribution in [0.3, 0.4) is 0 Å². The second kappa shape index (κ2) is 6.17. The van der Waals surface area contributed by atoms with Gasteiger partial charge in [0.15, 0.2) is 0 Å². The first-order valence-corrected chi connectivity index (χ1v) is 7.93. The lowest BCUT2D eigenvalue weighted by molar-refractivity contribution is -0.148. The molecule has 2 heterocycles. The third-order valence-electron chi connectivity index (χ3n) is 3.79. The third kappa shape index (κ3) is 2.97. The lowest BCUT2D eigenvalue weighted by atomic mass is 9.99. The first-order valence-electron chi connectivity index (χ1n) is 7.14. The van der Waals surface area contributed by atoms with Crippen molar-refractivity contribution in [1.29, 1.82) is 0 Å². The van der Waals surface area contributed by atoms with Gasteiger partial charge in [-0.2, -0.15) is 5.10 Å². The van der Waals surface area contributed by atoms with Crippen LogP contribution in [0.5, 0.6) is 0 Å². The van der Waals surface area contributed by atoms with Gasteiger partial charge in [-0.05, 0) is 28.3 Å². The van der Waals surface area contributed by atoms with E-state index in [0.717, 1.165) is 22.3 Å². The molecule has 0 radical (unpaired) electrons. The van der Waals surface area contributed by atoms with Crippen LogP contribution in [0.1, 0.15) is 32.2 Å². The molecule has 0 bridgehead atoms. The third-order valence-corrected chi connectivity index (χ3v) is 4.71. The fraction of sp³-hybridized carbons (Fsp3) is 0.643. The number of piperazine rings is 1. The van der Waals surface area contributed by atoms with Gasteiger partial charge in [-0.15, -0.1) is 0 Å². The number of rotatable bonds is 4. The molecule has 1 saturated heterocycles. The molecule has 1 N–H and O–H groups in total. The molecule has 1 aromatic rings. The second-order valence-corrected chi connectivity index (χ2v) is 6.41. The van der Waals surface area contributed by atoms with E-state index in [1.807, 2.05) is 27.8 Å². The highest BCUT2D eigenvalue weighted by atomic mass is 79.9. The highest BCUT2D eigenvalue weighted by Crippen LogP contribution is 2.25. The molecule has 0 spiro atoms. The van der Waals surface area contributed by atoms with Gasteiger partial charge in [0.2, 0.25) is 11.8 Å². The van der Waals surface area contributed by atoms with Gasteiger partial charge in [0.1, 0.15) is 6.04 Å². The maximum absolute atomic E-state index is 12.2. The van der Waals surface area contributed by atoms with Crippen molar-refractivity contribution < 1.29 is 9.59 Å². The van der Waals surface area contributed by atoms with Crippen LogP contribution in [-0.4, -0.2) is 39.1 Å². The van der Waals surface area contributed by atoms with E-state index in [1.165, 1.54) is 0 Å². The number of amides is 2. The summed E-state index contributed by atoms with van der Waals surface area (Å²) in [5.41, 5.74) is 1.88. The normalized spacial score (nSPS) is 19.3. The Hall–Kier alpha value is -1.37. The zero-order valence-electron chi connectivity index (χ0n) is 12.8. The predicted molar refractivity (Wildman–Crippen MR) is 82.5 cm³/mol. The number of nitrogens with one attached hydrogen (secondary N) is 1. The smallest absolute Gasteiger partial charge is 0.243 e. The number of carbonyl (C=O) groups is 2. The minimum absolute atomic E-state index is 0.0561. The Morgan fingerprint density at radius 1 is 1.43 bits per heavy atom. The first kappa shape index (κ1) is 16.0. The van der Waals surface area contributed by atoms with Crippen molar-refractivity contribution in [3.05, 3.63) is 15.9 Å². The van der Waals surface area contributed by atoms with Crippen LogP contribution in [0.4, 0.5) is 0 Å². The molecule has 0 aromatic carbocycles. The number of hydrogen-bond donors (Lipinski definition) is 1. The Bertz CT molecular complexity index is 568. The summed E-state index contributed by atoms with van der Waals surface area (Å²) in [4.78, 5) is 26.0. The number of carbonyl (C=O) groups excluding carboxylic acids is 2. The lowest BCUT2D eigenvalue weighted by Gasteiger charge is -2.37. The van der Waals surface area contributed by atoms with E-state index >= 15 is 0 Å². The van der Waals surface area contributed by atoms with Crippen LogP contribution >= 0.6 is 15.9 Å². The maximum Gasteiger partial charge on any atom is 0.243 e. The summed E-state index contributed by atoms with van der Waals surface area (Å²) in [5.74, 6) is -0.0787. The summed E-state index contributed by atoms with van der Waals surface area (Å²) in [6.07, 6.45) is 0.816. The van der Waals surface area contributed by atoms with Gasteiger partial charge >= 0.3 is 0 Å². The molecule has 1 unspecified atom stereocenters. The summed E-state index contributed by atoms with van der Waals surface area (Å²) in [5, 5.41) is 7.10. The minimum Gasteiger partial charge on any atom is -0.345 e. The van der Waals surface area contributed by atoms with Crippen molar-refractivity contribution in [3.63, 3.8) is 0 Å². The summed E-state index contributed by atoms with van der Waals surface area (Å²) in [7, 11) is 1.86. The minimum atomic E-state index is -0.432. The standard InChI is InChI=1S/C14H21BrN4O2/c1-5-9-12(15)10(18(4)17-9)7-19-11(20)6-16-14(21)13(19)8(2)3/h8,13H,5-7H2,1-4H3,(H,16,21). The van der Waals surface area contributed by atoms with E-state index < -0.39 is 6.04 Å². The summed E-state index contributed by atoms with van der Waals surface area (Å²) >= 11 is 3.56. The summed E-state index contributed by atoms with van der Waals surface area (Å²) in [6, 6.07) is -0.432. The van der Waals surface area contributed by atoms with Crippen LogP contribution < -0.4 is 5.32 Å². The molecule has 6 nitrogen and oxygen atoms in total. The Labute approximate surface area is 133 Å². The molecule has 21 heavy (non-hydrogen) atoms. The van der Waals surface area contributed by atoms with Crippen LogP contribution in [0.25, 0.3) is 0 Å². The fourth-order valence-electron chi connectivity index (χ4n) is 2.67. The molecular weight excluding hydrogens is 336 g/mol. The topological polar surface area (TPSA) is 67.2 Å². The molecule has 116 valence electrons. The van der Waals surface area contributed by atoms with E-state index in [0.29, 0.717) is 6.54 Å². The zero-order valence-corrected chi connectivity index (χ0v) is 14.4.